The zero-order valence-corrected chi connectivity index (χ0v) is 11.4. The van der Waals surface area contributed by atoms with Crippen LogP contribution in [-0.2, 0) is 4.74 Å². The molecule has 2 rings (SSSR count). The molecule has 0 saturated carbocycles. The molecule has 1 aliphatic heterocycles. The van der Waals surface area contributed by atoms with Gasteiger partial charge in [-0.3, -0.25) is 0 Å². The van der Waals surface area contributed by atoms with Crippen LogP contribution in [0.2, 0.25) is 0 Å². The third-order valence-electron chi connectivity index (χ3n) is 3.16. The summed E-state index contributed by atoms with van der Waals surface area (Å²) in [5, 5.41) is 0. The Morgan fingerprint density at radius 3 is 2.89 bits per heavy atom. The van der Waals surface area contributed by atoms with E-state index in [1.165, 1.54) is 0 Å². The molecule has 1 aromatic carbocycles. The van der Waals surface area contributed by atoms with Gasteiger partial charge in [0.2, 0.25) is 0 Å². The van der Waals surface area contributed by atoms with E-state index in [0.717, 1.165) is 19.5 Å². The van der Waals surface area contributed by atoms with Crippen LogP contribution in [0.4, 0.5) is 5.69 Å². The van der Waals surface area contributed by atoms with Gasteiger partial charge in [-0.1, -0.05) is 0 Å². The third-order valence-corrected chi connectivity index (χ3v) is 3.16. The van der Waals surface area contributed by atoms with Crippen LogP contribution in [0.3, 0.4) is 0 Å². The van der Waals surface area contributed by atoms with Crippen LogP contribution in [0.25, 0.3) is 0 Å². The molecule has 1 heterocycles. The third kappa shape index (κ3) is 3.38. The number of likely N-dealkylation sites (N-methyl/N-ethyl adjacent to an activating group) is 1. The first-order chi connectivity index (χ1) is 9.10. The predicted octanol–water partition coefficient (Wildman–Crippen LogP) is 1.53. The number of carbonyl (C=O) groups excluding carboxylic acids is 1. The normalized spacial score (nSPS) is 19.4. The number of benzene rings is 1. The van der Waals surface area contributed by atoms with Crippen molar-refractivity contribution in [2.75, 3.05) is 32.5 Å². The fourth-order valence-electron chi connectivity index (χ4n) is 2.17. The lowest BCUT2D eigenvalue weighted by Gasteiger charge is -2.15. The molecule has 19 heavy (non-hydrogen) atoms. The Kier molecular flexibility index (Phi) is 4.27. The highest BCUT2D eigenvalue weighted by atomic mass is 16.5. The van der Waals surface area contributed by atoms with Gasteiger partial charge < -0.3 is 20.1 Å². The van der Waals surface area contributed by atoms with Crippen molar-refractivity contribution >= 4 is 11.7 Å². The Hall–Kier alpha value is -1.75. The summed E-state index contributed by atoms with van der Waals surface area (Å²) in [6.45, 7) is 4.06. The number of nitrogens with zero attached hydrogens (tertiary/aromatic N) is 1. The molecule has 104 valence electrons. The molecule has 0 radical (unpaired) electrons. The minimum atomic E-state index is -0.360. The van der Waals surface area contributed by atoms with Crippen molar-refractivity contribution in [3.8, 4) is 5.75 Å². The molecule has 5 heteroatoms. The van der Waals surface area contributed by atoms with E-state index < -0.39 is 0 Å². The average Bonchev–Trinajstić information content (AvgIpc) is 2.78. The van der Waals surface area contributed by atoms with E-state index in [1.54, 1.807) is 25.1 Å². The number of esters is 1. The number of hydrogen-bond acceptors (Lipinski definition) is 5. The Bertz CT molecular complexity index is 462. The fourth-order valence-corrected chi connectivity index (χ4v) is 2.17. The lowest BCUT2D eigenvalue weighted by atomic mass is 10.2. The SMILES string of the molecule is CCOC(=O)c1ccc(OC2CCN(C)C2)c(N)c1. The van der Waals surface area contributed by atoms with Crippen LogP contribution < -0.4 is 10.5 Å². The molecule has 0 aliphatic carbocycles. The van der Waals surface area contributed by atoms with Gasteiger partial charge in [0.15, 0.2) is 0 Å². The van der Waals surface area contributed by atoms with Gasteiger partial charge >= 0.3 is 5.97 Å². The van der Waals surface area contributed by atoms with Crippen molar-refractivity contribution in [3.63, 3.8) is 0 Å². The van der Waals surface area contributed by atoms with E-state index in [2.05, 4.69) is 11.9 Å². The first kappa shape index (κ1) is 13.7. The molecule has 0 aromatic heterocycles. The van der Waals surface area contributed by atoms with Gasteiger partial charge in [0.25, 0.3) is 0 Å². The van der Waals surface area contributed by atoms with Crippen molar-refractivity contribution in [2.24, 2.45) is 0 Å². The minimum absolute atomic E-state index is 0.167. The zero-order chi connectivity index (χ0) is 13.8. The Morgan fingerprint density at radius 2 is 2.32 bits per heavy atom. The van der Waals surface area contributed by atoms with Gasteiger partial charge in [0.05, 0.1) is 17.9 Å². The van der Waals surface area contributed by atoms with Crippen LogP contribution in [0, 0.1) is 0 Å². The van der Waals surface area contributed by atoms with Gasteiger partial charge in [-0.25, -0.2) is 4.79 Å². The predicted molar refractivity (Wildman–Crippen MR) is 73.3 cm³/mol. The molecule has 1 saturated heterocycles. The van der Waals surface area contributed by atoms with Crippen LogP contribution in [-0.4, -0.2) is 43.7 Å². The maximum absolute atomic E-state index is 11.6. The first-order valence-corrected chi connectivity index (χ1v) is 6.52. The maximum Gasteiger partial charge on any atom is 0.338 e. The number of nitrogens with two attached hydrogens (primary N) is 1. The minimum Gasteiger partial charge on any atom is -0.487 e. The van der Waals surface area contributed by atoms with Crippen molar-refractivity contribution in [2.45, 2.75) is 19.4 Å². The monoisotopic (exact) mass is 264 g/mol. The van der Waals surface area contributed by atoms with Crippen LogP contribution in [0.5, 0.6) is 5.75 Å². The molecule has 0 bridgehead atoms. The summed E-state index contributed by atoms with van der Waals surface area (Å²) in [5.74, 6) is 0.273. The second kappa shape index (κ2) is 5.93. The van der Waals surface area contributed by atoms with E-state index in [-0.39, 0.29) is 12.1 Å². The van der Waals surface area contributed by atoms with Crippen LogP contribution in [0.1, 0.15) is 23.7 Å². The molecular formula is C14H20N2O3. The molecule has 1 aliphatic rings. The molecule has 0 spiro atoms. The van der Waals surface area contributed by atoms with Gasteiger partial charge in [0, 0.05) is 13.1 Å². The fraction of sp³-hybridized carbons (Fsp3) is 0.500. The number of likely N-dealkylation sites (tertiary alicyclic amines) is 1. The largest absolute Gasteiger partial charge is 0.487 e. The molecule has 0 amide bonds. The molecule has 1 fully saturated rings. The second-order valence-corrected chi connectivity index (χ2v) is 4.76. The molecule has 5 nitrogen and oxygen atoms in total. The molecule has 2 N–H and O–H groups in total. The van der Waals surface area contributed by atoms with E-state index >= 15 is 0 Å². The summed E-state index contributed by atoms with van der Waals surface area (Å²) in [4.78, 5) is 13.8. The summed E-state index contributed by atoms with van der Waals surface area (Å²) in [6, 6.07) is 5.02. The number of ether oxygens (including phenoxy) is 2. The molecule has 1 unspecified atom stereocenters. The van der Waals surface area contributed by atoms with E-state index in [0.29, 0.717) is 23.6 Å². The van der Waals surface area contributed by atoms with Gasteiger partial charge in [-0.2, -0.15) is 0 Å². The lowest BCUT2D eigenvalue weighted by Crippen LogP contribution is -2.21. The number of nitrogen functional groups attached to an aromatic ring is 1. The molecule has 1 aromatic rings. The maximum atomic E-state index is 11.6. The quantitative estimate of drug-likeness (QED) is 0.660. The van der Waals surface area contributed by atoms with Crippen LogP contribution >= 0.6 is 0 Å². The second-order valence-electron chi connectivity index (χ2n) is 4.76. The van der Waals surface area contributed by atoms with Crippen molar-refractivity contribution in [1.29, 1.82) is 0 Å². The highest BCUT2D eigenvalue weighted by molar-refractivity contribution is 5.91. The zero-order valence-electron chi connectivity index (χ0n) is 11.4. The van der Waals surface area contributed by atoms with E-state index in [4.69, 9.17) is 15.2 Å². The first-order valence-electron chi connectivity index (χ1n) is 6.52. The summed E-state index contributed by atoms with van der Waals surface area (Å²) in [5.41, 5.74) is 6.85. The van der Waals surface area contributed by atoms with Gasteiger partial charge in [-0.05, 0) is 38.6 Å². The Morgan fingerprint density at radius 1 is 1.53 bits per heavy atom. The standard InChI is InChI=1S/C14H20N2O3/c1-3-18-14(17)10-4-5-13(12(15)8-10)19-11-6-7-16(2)9-11/h4-5,8,11H,3,6-7,9,15H2,1-2H3. The average molecular weight is 264 g/mol. The van der Waals surface area contributed by atoms with E-state index in [9.17, 15) is 4.79 Å². The summed E-state index contributed by atoms with van der Waals surface area (Å²) in [6.07, 6.45) is 1.16. The molecule has 1 atom stereocenters. The number of hydrogen-bond donors (Lipinski definition) is 1. The smallest absolute Gasteiger partial charge is 0.338 e. The summed E-state index contributed by atoms with van der Waals surface area (Å²) in [7, 11) is 2.07. The highest BCUT2D eigenvalue weighted by Crippen LogP contribution is 2.26. The number of anilines is 1. The molecular weight excluding hydrogens is 244 g/mol. The highest BCUT2D eigenvalue weighted by Gasteiger charge is 2.21. The Labute approximate surface area is 113 Å². The summed E-state index contributed by atoms with van der Waals surface area (Å²) >= 11 is 0. The lowest BCUT2D eigenvalue weighted by molar-refractivity contribution is 0.0526. The van der Waals surface area contributed by atoms with Crippen molar-refractivity contribution < 1.29 is 14.3 Å². The van der Waals surface area contributed by atoms with E-state index in [1.807, 2.05) is 0 Å². The number of carbonyl (C=O) groups is 1. The van der Waals surface area contributed by atoms with Crippen molar-refractivity contribution in [1.82, 2.24) is 4.90 Å². The van der Waals surface area contributed by atoms with Crippen molar-refractivity contribution in [3.05, 3.63) is 23.8 Å². The van der Waals surface area contributed by atoms with Gasteiger partial charge in [-0.15, -0.1) is 0 Å². The topological polar surface area (TPSA) is 64.8 Å². The summed E-state index contributed by atoms with van der Waals surface area (Å²) < 4.78 is 10.8. The van der Waals surface area contributed by atoms with Crippen LogP contribution in [0.15, 0.2) is 18.2 Å². The number of rotatable bonds is 4. The Balaban J connectivity index is 2.04. The van der Waals surface area contributed by atoms with Gasteiger partial charge in [0.1, 0.15) is 11.9 Å².